The van der Waals surface area contributed by atoms with Gasteiger partial charge in [-0.1, -0.05) is 6.92 Å². The van der Waals surface area contributed by atoms with Crippen LogP contribution in [-0.2, 0) is 4.79 Å². The maximum Gasteiger partial charge on any atom is 0.258 e. The number of primary amides is 1. The Balaban J connectivity index is 3.01. The van der Waals surface area contributed by atoms with Crippen LogP contribution in [-0.4, -0.2) is 17.1 Å². The molecule has 0 saturated heterocycles. The molecule has 0 aromatic heterocycles. The zero-order chi connectivity index (χ0) is 13.0. The third-order valence-corrected chi connectivity index (χ3v) is 2.38. The Morgan fingerprint density at radius 3 is 2.71 bits per heavy atom. The van der Waals surface area contributed by atoms with E-state index in [-0.39, 0.29) is 5.75 Å². The highest BCUT2D eigenvalue weighted by molar-refractivity contribution is 5.79. The second-order valence-electron chi connectivity index (χ2n) is 3.78. The lowest BCUT2D eigenvalue weighted by molar-refractivity contribution is -0.124. The molecule has 1 unspecified atom stereocenters. The number of carbonyl (C=O) groups is 1. The molecular formula is C12H16FNO3. The first-order valence-corrected chi connectivity index (χ1v) is 5.39. The van der Waals surface area contributed by atoms with Crippen LogP contribution in [0.3, 0.4) is 0 Å². The quantitative estimate of drug-likeness (QED) is 0.821. The topological polar surface area (TPSA) is 72.6 Å². The van der Waals surface area contributed by atoms with E-state index < -0.39 is 23.9 Å². The normalized spacial score (nSPS) is 14.1. The molecular weight excluding hydrogens is 225 g/mol. The summed E-state index contributed by atoms with van der Waals surface area (Å²) in [5.74, 6) is -0.791. The van der Waals surface area contributed by atoms with Crippen molar-refractivity contribution in [2.75, 3.05) is 0 Å². The molecule has 0 aliphatic rings. The van der Waals surface area contributed by atoms with Crippen LogP contribution in [0.15, 0.2) is 18.2 Å². The summed E-state index contributed by atoms with van der Waals surface area (Å²) in [6.07, 6.45) is -1.25. The van der Waals surface area contributed by atoms with E-state index in [2.05, 4.69) is 0 Å². The maximum atomic E-state index is 13.0. The molecule has 0 aliphatic carbocycles. The lowest BCUT2D eigenvalue weighted by atomic mass is 10.1. The van der Waals surface area contributed by atoms with E-state index >= 15 is 0 Å². The minimum atomic E-state index is -0.883. The number of rotatable bonds is 5. The first-order chi connectivity index (χ1) is 7.95. The van der Waals surface area contributed by atoms with Gasteiger partial charge in [-0.25, -0.2) is 4.39 Å². The molecule has 1 aromatic rings. The first-order valence-electron chi connectivity index (χ1n) is 5.39. The lowest BCUT2D eigenvalue weighted by Crippen LogP contribution is -2.33. The van der Waals surface area contributed by atoms with Crippen molar-refractivity contribution in [2.24, 2.45) is 5.73 Å². The van der Waals surface area contributed by atoms with Crippen LogP contribution in [0.4, 0.5) is 4.39 Å². The van der Waals surface area contributed by atoms with Crippen molar-refractivity contribution in [1.29, 1.82) is 0 Å². The fourth-order valence-corrected chi connectivity index (χ4v) is 1.45. The number of carbonyl (C=O) groups excluding carboxylic acids is 1. The fourth-order valence-electron chi connectivity index (χ4n) is 1.45. The van der Waals surface area contributed by atoms with E-state index in [9.17, 15) is 14.3 Å². The molecule has 4 nitrogen and oxygen atoms in total. The van der Waals surface area contributed by atoms with Gasteiger partial charge in [0.25, 0.3) is 5.91 Å². The molecule has 94 valence electrons. The van der Waals surface area contributed by atoms with Crippen molar-refractivity contribution in [3.05, 3.63) is 29.6 Å². The molecule has 17 heavy (non-hydrogen) atoms. The third-order valence-electron chi connectivity index (χ3n) is 2.38. The average molecular weight is 241 g/mol. The third kappa shape index (κ3) is 3.42. The predicted octanol–water partition coefficient (Wildman–Crippen LogP) is 1.52. The van der Waals surface area contributed by atoms with Gasteiger partial charge in [0.05, 0.1) is 6.10 Å². The maximum absolute atomic E-state index is 13.0. The van der Waals surface area contributed by atoms with Crippen molar-refractivity contribution in [2.45, 2.75) is 32.5 Å². The molecule has 3 N–H and O–H groups in total. The minimum Gasteiger partial charge on any atom is -0.480 e. The second kappa shape index (κ2) is 5.63. The van der Waals surface area contributed by atoms with Gasteiger partial charge in [0.2, 0.25) is 0 Å². The van der Waals surface area contributed by atoms with Gasteiger partial charge in [-0.05, 0) is 31.5 Å². The van der Waals surface area contributed by atoms with Crippen molar-refractivity contribution in [1.82, 2.24) is 0 Å². The SMILES string of the molecule is CCC(Oc1ccc(F)cc1[C@H](C)O)C(N)=O. The van der Waals surface area contributed by atoms with E-state index in [0.29, 0.717) is 12.0 Å². The summed E-state index contributed by atoms with van der Waals surface area (Å²) in [6, 6.07) is 3.76. The Kier molecular flexibility index (Phi) is 4.45. The number of amides is 1. The van der Waals surface area contributed by atoms with Crippen LogP contribution in [0.2, 0.25) is 0 Å². The standard InChI is InChI=1S/C12H16FNO3/c1-3-10(12(14)16)17-11-5-4-8(13)6-9(11)7(2)15/h4-7,10,15H,3H2,1-2H3,(H2,14,16)/t7-,10?/m0/s1. The molecule has 0 aliphatic heterocycles. The Morgan fingerprint density at radius 2 is 2.24 bits per heavy atom. The summed E-state index contributed by atoms with van der Waals surface area (Å²) < 4.78 is 18.4. The van der Waals surface area contributed by atoms with Gasteiger partial charge in [-0.2, -0.15) is 0 Å². The average Bonchev–Trinajstić information content (AvgIpc) is 2.26. The van der Waals surface area contributed by atoms with Gasteiger partial charge in [0.1, 0.15) is 11.6 Å². The van der Waals surface area contributed by atoms with Crippen LogP contribution < -0.4 is 10.5 Å². The van der Waals surface area contributed by atoms with E-state index in [0.717, 1.165) is 0 Å². The van der Waals surface area contributed by atoms with E-state index in [1.165, 1.54) is 25.1 Å². The van der Waals surface area contributed by atoms with Crippen molar-refractivity contribution in [3.63, 3.8) is 0 Å². The predicted molar refractivity (Wildman–Crippen MR) is 60.9 cm³/mol. The zero-order valence-corrected chi connectivity index (χ0v) is 9.81. The zero-order valence-electron chi connectivity index (χ0n) is 9.81. The number of hydrogen-bond donors (Lipinski definition) is 2. The van der Waals surface area contributed by atoms with Crippen molar-refractivity contribution >= 4 is 5.91 Å². The largest absolute Gasteiger partial charge is 0.480 e. The molecule has 1 aromatic carbocycles. The number of aliphatic hydroxyl groups is 1. The van der Waals surface area contributed by atoms with Crippen molar-refractivity contribution < 1.29 is 19.0 Å². The molecule has 0 spiro atoms. The van der Waals surface area contributed by atoms with Gasteiger partial charge < -0.3 is 15.6 Å². The molecule has 2 atom stereocenters. The van der Waals surface area contributed by atoms with E-state index in [4.69, 9.17) is 10.5 Å². The fraction of sp³-hybridized carbons (Fsp3) is 0.417. The van der Waals surface area contributed by atoms with Gasteiger partial charge in [0.15, 0.2) is 6.10 Å². The smallest absolute Gasteiger partial charge is 0.258 e. The van der Waals surface area contributed by atoms with E-state index in [1.54, 1.807) is 6.92 Å². The highest BCUT2D eigenvalue weighted by Gasteiger charge is 2.18. The molecule has 1 rings (SSSR count). The number of nitrogens with two attached hydrogens (primary N) is 1. The molecule has 0 radical (unpaired) electrons. The molecule has 0 bridgehead atoms. The number of aliphatic hydroxyl groups excluding tert-OH is 1. The number of ether oxygens (including phenoxy) is 1. The van der Waals surface area contributed by atoms with Gasteiger partial charge in [0, 0.05) is 5.56 Å². The monoisotopic (exact) mass is 241 g/mol. The van der Waals surface area contributed by atoms with Gasteiger partial charge >= 0.3 is 0 Å². The van der Waals surface area contributed by atoms with Crippen LogP contribution in [0, 0.1) is 5.82 Å². The summed E-state index contributed by atoms with van der Waals surface area (Å²) in [5.41, 5.74) is 5.45. The van der Waals surface area contributed by atoms with Crippen LogP contribution >= 0.6 is 0 Å². The highest BCUT2D eigenvalue weighted by Crippen LogP contribution is 2.27. The molecule has 0 fully saturated rings. The number of halogens is 1. The van der Waals surface area contributed by atoms with Crippen LogP contribution in [0.1, 0.15) is 31.9 Å². The Morgan fingerprint density at radius 1 is 1.59 bits per heavy atom. The summed E-state index contributed by atoms with van der Waals surface area (Å²) >= 11 is 0. The Hall–Kier alpha value is -1.62. The first kappa shape index (κ1) is 13.4. The summed E-state index contributed by atoms with van der Waals surface area (Å²) in [7, 11) is 0. The number of benzene rings is 1. The second-order valence-corrected chi connectivity index (χ2v) is 3.78. The van der Waals surface area contributed by atoms with Gasteiger partial charge in [-0.3, -0.25) is 4.79 Å². The number of hydrogen-bond acceptors (Lipinski definition) is 3. The summed E-state index contributed by atoms with van der Waals surface area (Å²) in [6.45, 7) is 3.24. The summed E-state index contributed by atoms with van der Waals surface area (Å²) in [4.78, 5) is 11.0. The molecule has 0 saturated carbocycles. The van der Waals surface area contributed by atoms with E-state index in [1.807, 2.05) is 0 Å². The van der Waals surface area contributed by atoms with Crippen LogP contribution in [0.25, 0.3) is 0 Å². The van der Waals surface area contributed by atoms with Gasteiger partial charge in [-0.15, -0.1) is 0 Å². The van der Waals surface area contributed by atoms with Crippen LogP contribution in [0.5, 0.6) is 5.75 Å². The highest BCUT2D eigenvalue weighted by atomic mass is 19.1. The Labute approximate surface area is 99.2 Å². The Bertz CT molecular complexity index is 407. The minimum absolute atomic E-state index is 0.270. The summed E-state index contributed by atoms with van der Waals surface area (Å²) in [5, 5.41) is 9.49. The molecule has 5 heteroatoms. The lowest BCUT2D eigenvalue weighted by Gasteiger charge is -2.18. The molecule has 1 amide bonds. The molecule has 0 heterocycles. The van der Waals surface area contributed by atoms with Crippen molar-refractivity contribution in [3.8, 4) is 5.75 Å².